The Kier molecular flexibility index (Phi) is 4.87. The molecule has 0 bridgehead atoms. The number of hydrogen-bond donors (Lipinski definition) is 1. The van der Waals surface area contributed by atoms with Gasteiger partial charge in [0, 0.05) is 12.0 Å². The summed E-state index contributed by atoms with van der Waals surface area (Å²) in [5.41, 5.74) is 3.85. The Bertz CT molecular complexity index is 668. The molecule has 1 N–H and O–H groups in total. The van der Waals surface area contributed by atoms with Crippen molar-refractivity contribution in [3.05, 3.63) is 59.2 Å². The fraction of sp³-hybridized carbons (Fsp3) is 0.400. The van der Waals surface area contributed by atoms with Crippen LogP contribution in [0.4, 0.5) is 0 Å². The Morgan fingerprint density at radius 1 is 1.04 bits per heavy atom. The Hall–Kier alpha value is -2.00. The number of piperidine rings is 1. The van der Waals surface area contributed by atoms with Gasteiger partial charge in [0.05, 0.1) is 14.2 Å². The monoisotopic (exact) mass is 311 g/mol. The number of ether oxygens (including phenoxy) is 2. The van der Waals surface area contributed by atoms with E-state index in [1.54, 1.807) is 14.2 Å². The van der Waals surface area contributed by atoms with E-state index in [-0.39, 0.29) is 6.04 Å². The van der Waals surface area contributed by atoms with E-state index in [4.69, 9.17) is 9.47 Å². The normalized spacial score (nSPS) is 21.0. The zero-order chi connectivity index (χ0) is 16.2. The second-order valence-corrected chi connectivity index (χ2v) is 6.20. The maximum atomic E-state index is 5.63. The quantitative estimate of drug-likeness (QED) is 0.917. The third-order valence-electron chi connectivity index (χ3n) is 4.70. The second-order valence-electron chi connectivity index (χ2n) is 6.20. The van der Waals surface area contributed by atoms with Crippen LogP contribution in [0.1, 0.15) is 41.5 Å². The molecule has 1 aliphatic heterocycles. The highest BCUT2D eigenvalue weighted by Gasteiger charge is 2.29. The summed E-state index contributed by atoms with van der Waals surface area (Å²) in [4.78, 5) is 0. The van der Waals surface area contributed by atoms with Crippen LogP contribution in [0.5, 0.6) is 11.5 Å². The topological polar surface area (TPSA) is 30.5 Å². The summed E-state index contributed by atoms with van der Waals surface area (Å²) in [7, 11) is 3.47. The number of hydrogen-bond acceptors (Lipinski definition) is 3. The zero-order valence-corrected chi connectivity index (χ0v) is 14.1. The molecule has 1 aliphatic rings. The Labute approximate surface area is 138 Å². The molecule has 3 heteroatoms. The second kappa shape index (κ2) is 7.05. The van der Waals surface area contributed by atoms with Crippen molar-refractivity contribution >= 4 is 0 Å². The molecule has 0 aliphatic carbocycles. The van der Waals surface area contributed by atoms with E-state index in [9.17, 15) is 0 Å². The first-order valence-electron chi connectivity index (χ1n) is 8.25. The molecule has 2 aromatic rings. The lowest BCUT2D eigenvalue weighted by molar-refractivity contribution is 0.340. The summed E-state index contributed by atoms with van der Waals surface area (Å²) in [6.45, 7) is 3.19. The van der Waals surface area contributed by atoms with E-state index in [2.05, 4.69) is 48.6 Å². The van der Waals surface area contributed by atoms with E-state index in [1.165, 1.54) is 23.1 Å². The lowest BCUT2D eigenvalue weighted by atomic mass is 9.80. The third kappa shape index (κ3) is 3.35. The summed E-state index contributed by atoms with van der Waals surface area (Å²) in [6, 6.07) is 15.1. The van der Waals surface area contributed by atoms with Crippen LogP contribution in [0.25, 0.3) is 0 Å². The summed E-state index contributed by atoms with van der Waals surface area (Å²) in [5.74, 6) is 2.30. The fourth-order valence-electron chi connectivity index (χ4n) is 3.55. The van der Waals surface area contributed by atoms with E-state index in [1.807, 2.05) is 6.07 Å². The molecule has 0 spiro atoms. The minimum Gasteiger partial charge on any atom is -0.497 e. The smallest absolute Gasteiger partial charge is 0.122 e. The van der Waals surface area contributed by atoms with Crippen molar-refractivity contribution in [3.63, 3.8) is 0 Å². The Morgan fingerprint density at radius 2 is 1.91 bits per heavy atom. The average molecular weight is 311 g/mol. The Balaban J connectivity index is 2.00. The largest absolute Gasteiger partial charge is 0.497 e. The van der Waals surface area contributed by atoms with Gasteiger partial charge in [0.15, 0.2) is 0 Å². The lowest BCUT2D eigenvalue weighted by Crippen LogP contribution is -2.33. The number of benzene rings is 2. The molecule has 122 valence electrons. The van der Waals surface area contributed by atoms with Crippen molar-refractivity contribution < 1.29 is 9.47 Å². The van der Waals surface area contributed by atoms with E-state index in [0.717, 1.165) is 24.5 Å². The maximum Gasteiger partial charge on any atom is 0.122 e. The molecule has 2 aromatic carbocycles. The van der Waals surface area contributed by atoms with Gasteiger partial charge in [-0.25, -0.2) is 0 Å². The van der Waals surface area contributed by atoms with E-state index < -0.39 is 0 Å². The van der Waals surface area contributed by atoms with Crippen LogP contribution in [0, 0.1) is 6.92 Å². The van der Waals surface area contributed by atoms with Gasteiger partial charge >= 0.3 is 0 Å². The molecule has 3 nitrogen and oxygen atoms in total. The number of nitrogens with one attached hydrogen (secondary N) is 1. The Morgan fingerprint density at radius 3 is 2.70 bits per heavy atom. The van der Waals surface area contributed by atoms with Gasteiger partial charge in [0.1, 0.15) is 11.5 Å². The predicted octanol–water partition coefficient (Wildman–Crippen LogP) is 4.22. The molecular weight excluding hydrogens is 286 g/mol. The molecule has 1 fully saturated rings. The molecule has 0 aromatic heterocycles. The highest BCUT2D eigenvalue weighted by molar-refractivity contribution is 5.42. The molecule has 1 heterocycles. The number of rotatable bonds is 4. The van der Waals surface area contributed by atoms with Crippen LogP contribution >= 0.6 is 0 Å². The molecule has 2 unspecified atom stereocenters. The first kappa shape index (κ1) is 15.9. The zero-order valence-electron chi connectivity index (χ0n) is 14.1. The summed E-state index contributed by atoms with van der Waals surface area (Å²) in [6.07, 6.45) is 2.34. The maximum absolute atomic E-state index is 5.63. The minimum absolute atomic E-state index is 0.287. The fourth-order valence-corrected chi connectivity index (χ4v) is 3.55. The molecule has 0 saturated carbocycles. The first-order chi connectivity index (χ1) is 11.2. The molecule has 0 amide bonds. The van der Waals surface area contributed by atoms with Crippen molar-refractivity contribution in [3.8, 4) is 11.5 Å². The van der Waals surface area contributed by atoms with Gasteiger partial charge in [-0.05, 0) is 55.6 Å². The van der Waals surface area contributed by atoms with E-state index >= 15 is 0 Å². The van der Waals surface area contributed by atoms with Crippen LogP contribution in [0.2, 0.25) is 0 Å². The van der Waals surface area contributed by atoms with Gasteiger partial charge in [-0.1, -0.05) is 29.8 Å². The van der Waals surface area contributed by atoms with Gasteiger partial charge < -0.3 is 14.8 Å². The van der Waals surface area contributed by atoms with Crippen LogP contribution in [-0.4, -0.2) is 20.8 Å². The molecular formula is C20H25NO2. The van der Waals surface area contributed by atoms with Crippen molar-refractivity contribution in [2.24, 2.45) is 0 Å². The number of aryl methyl sites for hydroxylation is 1. The van der Waals surface area contributed by atoms with Crippen molar-refractivity contribution in [2.75, 3.05) is 20.8 Å². The molecule has 23 heavy (non-hydrogen) atoms. The SMILES string of the molecule is COc1cccc(C2NCCCC2c2cc(C)ccc2OC)c1. The van der Waals surface area contributed by atoms with Crippen molar-refractivity contribution in [1.29, 1.82) is 0 Å². The average Bonchev–Trinajstić information content (AvgIpc) is 2.61. The summed E-state index contributed by atoms with van der Waals surface area (Å²) < 4.78 is 11.0. The predicted molar refractivity (Wildman–Crippen MR) is 93.4 cm³/mol. The third-order valence-corrected chi connectivity index (χ3v) is 4.70. The van der Waals surface area contributed by atoms with Crippen LogP contribution in [-0.2, 0) is 0 Å². The minimum atomic E-state index is 0.287. The van der Waals surface area contributed by atoms with Crippen LogP contribution < -0.4 is 14.8 Å². The first-order valence-corrected chi connectivity index (χ1v) is 8.25. The van der Waals surface area contributed by atoms with E-state index in [0.29, 0.717) is 5.92 Å². The lowest BCUT2D eigenvalue weighted by Gasteiger charge is -2.34. The standard InChI is InChI=1S/C20H25NO2/c1-14-9-10-19(23-3)18(12-14)17-8-5-11-21-20(17)15-6-4-7-16(13-15)22-2/h4,6-7,9-10,12-13,17,20-21H,5,8,11H2,1-3H3. The van der Waals surface area contributed by atoms with Crippen molar-refractivity contribution in [1.82, 2.24) is 5.32 Å². The van der Waals surface area contributed by atoms with Gasteiger partial charge in [0.2, 0.25) is 0 Å². The van der Waals surface area contributed by atoms with Crippen LogP contribution in [0.3, 0.4) is 0 Å². The number of methoxy groups -OCH3 is 2. The highest BCUT2D eigenvalue weighted by atomic mass is 16.5. The molecule has 0 radical (unpaired) electrons. The van der Waals surface area contributed by atoms with Crippen LogP contribution in [0.15, 0.2) is 42.5 Å². The van der Waals surface area contributed by atoms with Crippen molar-refractivity contribution in [2.45, 2.75) is 31.7 Å². The summed E-state index contributed by atoms with van der Waals surface area (Å²) in [5, 5.41) is 3.69. The highest BCUT2D eigenvalue weighted by Crippen LogP contribution is 2.42. The molecule has 2 atom stereocenters. The van der Waals surface area contributed by atoms with Gasteiger partial charge in [-0.2, -0.15) is 0 Å². The molecule has 1 saturated heterocycles. The van der Waals surface area contributed by atoms with Gasteiger partial charge in [-0.15, -0.1) is 0 Å². The van der Waals surface area contributed by atoms with Gasteiger partial charge in [-0.3, -0.25) is 0 Å². The molecule has 3 rings (SSSR count). The van der Waals surface area contributed by atoms with Gasteiger partial charge in [0.25, 0.3) is 0 Å². The summed E-state index contributed by atoms with van der Waals surface area (Å²) >= 11 is 0.